The molecule has 0 aromatic heterocycles. The second-order valence-corrected chi connectivity index (χ2v) is 7.19. The molecule has 1 saturated heterocycles. The summed E-state index contributed by atoms with van der Waals surface area (Å²) in [5.74, 6) is -1.78. The first-order chi connectivity index (χ1) is 12.8. The van der Waals surface area contributed by atoms with E-state index in [2.05, 4.69) is 5.32 Å². The van der Waals surface area contributed by atoms with E-state index in [1.807, 2.05) is 44.2 Å². The fraction of sp³-hybridized carbons (Fsp3) is 0.550. The van der Waals surface area contributed by atoms with Crippen molar-refractivity contribution in [1.29, 1.82) is 0 Å². The van der Waals surface area contributed by atoms with Gasteiger partial charge in [0.2, 0.25) is 11.8 Å². The molecule has 1 aliphatic heterocycles. The van der Waals surface area contributed by atoms with Crippen LogP contribution in [0.1, 0.15) is 38.7 Å². The Balaban J connectivity index is 2.19. The van der Waals surface area contributed by atoms with Crippen molar-refractivity contribution >= 4 is 17.8 Å². The zero-order chi connectivity index (χ0) is 20.0. The summed E-state index contributed by atoms with van der Waals surface area (Å²) in [6.45, 7) is 4.22. The summed E-state index contributed by atoms with van der Waals surface area (Å²) < 4.78 is 0. The van der Waals surface area contributed by atoms with Crippen LogP contribution in [0.5, 0.6) is 0 Å². The number of rotatable bonds is 8. The first-order valence-corrected chi connectivity index (χ1v) is 9.48. The molecule has 0 radical (unpaired) electrons. The lowest BCUT2D eigenvalue weighted by atomic mass is 9.98. The maximum atomic E-state index is 13.1. The Hall–Kier alpha value is -2.41. The van der Waals surface area contributed by atoms with Crippen LogP contribution in [0, 0.1) is 5.92 Å². The maximum Gasteiger partial charge on any atom is 0.326 e. The van der Waals surface area contributed by atoms with Crippen LogP contribution in [0.15, 0.2) is 30.3 Å². The number of aliphatic carboxylic acids is 1. The van der Waals surface area contributed by atoms with E-state index in [1.165, 1.54) is 4.90 Å². The average molecular weight is 375 g/mol. The van der Waals surface area contributed by atoms with Crippen molar-refractivity contribution < 1.29 is 19.5 Å². The van der Waals surface area contributed by atoms with Crippen molar-refractivity contribution in [2.24, 2.45) is 11.7 Å². The van der Waals surface area contributed by atoms with Gasteiger partial charge in [-0.1, -0.05) is 50.6 Å². The third-order valence-electron chi connectivity index (χ3n) is 5.28. The van der Waals surface area contributed by atoms with Gasteiger partial charge in [0, 0.05) is 13.0 Å². The molecule has 0 aliphatic carbocycles. The van der Waals surface area contributed by atoms with Crippen LogP contribution >= 0.6 is 0 Å². The number of benzene rings is 1. The summed E-state index contributed by atoms with van der Waals surface area (Å²) in [6, 6.07) is 6.96. The molecule has 1 aromatic rings. The van der Waals surface area contributed by atoms with Gasteiger partial charge < -0.3 is 21.1 Å². The van der Waals surface area contributed by atoms with Gasteiger partial charge in [-0.2, -0.15) is 0 Å². The van der Waals surface area contributed by atoms with Gasteiger partial charge in [-0.25, -0.2) is 4.79 Å². The van der Waals surface area contributed by atoms with Crippen LogP contribution in [0.25, 0.3) is 0 Å². The molecule has 2 rings (SSSR count). The van der Waals surface area contributed by atoms with E-state index < -0.39 is 24.1 Å². The number of nitrogens with one attached hydrogen (secondary N) is 1. The average Bonchev–Trinajstić information content (AvgIpc) is 3.16. The zero-order valence-electron chi connectivity index (χ0n) is 15.9. The fourth-order valence-corrected chi connectivity index (χ4v) is 3.32. The Morgan fingerprint density at radius 2 is 1.96 bits per heavy atom. The van der Waals surface area contributed by atoms with Crippen molar-refractivity contribution in [2.75, 3.05) is 6.54 Å². The number of nitrogens with zero attached hydrogens (tertiary/aromatic N) is 1. The summed E-state index contributed by atoms with van der Waals surface area (Å²) in [6.07, 6.45) is 2.11. The van der Waals surface area contributed by atoms with Crippen LogP contribution in [-0.4, -0.2) is 52.5 Å². The monoisotopic (exact) mass is 375 g/mol. The van der Waals surface area contributed by atoms with Crippen LogP contribution < -0.4 is 11.1 Å². The maximum absolute atomic E-state index is 13.1. The van der Waals surface area contributed by atoms with Gasteiger partial charge in [-0.3, -0.25) is 9.59 Å². The van der Waals surface area contributed by atoms with Gasteiger partial charge in [0.1, 0.15) is 12.1 Å². The molecule has 7 heteroatoms. The summed E-state index contributed by atoms with van der Waals surface area (Å²) in [5, 5.41) is 12.1. The minimum Gasteiger partial charge on any atom is -0.480 e. The number of nitrogens with two attached hydrogens (primary N) is 1. The molecule has 4 atom stereocenters. The summed E-state index contributed by atoms with van der Waals surface area (Å²) in [7, 11) is 0. The molecule has 0 spiro atoms. The van der Waals surface area contributed by atoms with Crippen LogP contribution in [-0.2, 0) is 20.8 Å². The Morgan fingerprint density at radius 1 is 1.30 bits per heavy atom. The molecule has 27 heavy (non-hydrogen) atoms. The molecule has 4 N–H and O–H groups in total. The number of likely N-dealkylation sites (tertiary alicyclic amines) is 1. The summed E-state index contributed by atoms with van der Waals surface area (Å²) in [4.78, 5) is 38.4. The minimum absolute atomic E-state index is 0.0176. The van der Waals surface area contributed by atoms with Gasteiger partial charge in [0.25, 0.3) is 0 Å². The van der Waals surface area contributed by atoms with Gasteiger partial charge in [-0.15, -0.1) is 0 Å². The number of carbonyl (C=O) groups excluding carboxylic acids is 2. The van der Waals surface area contributed by atoms with E-state index in [9.17, 15) is 19.5 Å². The van der Waals surface area contributed by atoms with Gasteiger partial charge >= 0.3 is 5.97 Å². The second-order valence-electron chi connectivity index (χ2n) is 7.19. The molecule has 148 valence electrons. The number of hydrogen-bond acceptors (Lipinski definition) is 4. The lowest BCUT2D eigenvalue weighted by Crippen LogP contribution is -2.56. The quantitative estimate of drug-likeness (QED) is 0.631. The molecule has 2 amide bonds. The molecular formula is C20H29N3O4. The molecule has 4 unspecified atom stereocenters. The van der Waals surface area contributed by atoms with Crippen LogP contribution in [0.3, 0.4) is 0 Å². The number of amides is 2. The Bertz CT molecular complexity index is 664. The van der Waals surface area contributed by atoms with Crippen LogP contribution in [0.2, 0.25) is 0 Å². The van der Waals surface area contributed by atoms with Gasteiger partial charge in [-0.05, 0) is 24.3 Å². The molecule has 0 bridgehead atoms. The fourth-order valence-electron chi connectivity index (χ4n) is 3.32. The normalized spacial score (nSPS) is 20.0. The molecule has 1 fully saturated rings. The zero-order valence-corrected chi connectivity index (χ0v) is 15.9. The van der Waals surface area contributed by atoms with Crippen molar-refractivity contribution in [3.8, 4) is 0 Å². The minimum atomic E-state index is -1.01. The highest BCUT2D eigenvalue weighted by molar-refractivity contribution is 5.92. The van der Waals surface area contributed by atoms with Crippen molar-refractivity contribution in [2.45, 2.75) is 57.7 Å². The largest absolute Gasteiger partial charge is 0.480 e. The topological polar surface area (TPSA) is 113 Å². The highest BCUT2D eigenvalue weighted by atomic mass is 16.4. The molecule has 0 saturated carbocycles. The van der Waals surface area contributed by atoms with Crippen molar-refractivity contribution in [3.63, 3.8) is 0 Å². The second kappa shape index (κ2) is 9.50. The number of carboxylic acid groups (broad SMARTS) is 1. The molecule has 1 heterocycles. The molecule has 1 aliphatic rings. The third-order valence-corrected chi connectivity index (χ3v) is 5.28. The molecular weight excluding hydrogens is 346 g/mol. The van der Waals surface area contributed by atoms with E-state index in [4.69, 9.17) is 5.73 Å². The lowest BCUT2D eigenvalue weighted by molar-refractivity contribution is -0.149. The predicted octanol–water partition coefficient (Wildman–Crippen LogP) is 1.16. The third kappa shape index (κ3) is 5.29. The van der Waals surface area contributed by atoms with E-state index in [-0.39, 0.29) is 17.7 Å². The summed E-state index contributed by atoms with van der Waals surface area (Å²) in [5.41, 5.74) is 6.90. The molecule has 1 aromatic carbocycles. The van der Waals surface area contributed by atoms with Crippen molar-refractivity contribution in [3.05, 3.63) is 35.9 Å². The van der Waals surface area contributed by atoms with Crippen LogP contribution in [0.4, 0.5) is 0 Å². The summed E-state index contributed by atoms with van der Waals surface area (Å²) >= 11 is 0. The van der Waals surface area contributed by atoms with Crippen molar-refractivity contribution in [1.82, 2.24) is 10.2 Å². The predicted molar refractivity (Wildman–Crippen MR) is 102 cm³/mol. The highest BCUT2D eigenvalue weighted by Gasteiger charge is 2.38. The Morgan fingerprint density at radius 3 is 2.56 bits per heavy atom. The number of carboxylic acids is 1. The first-order valence-electron chi connectivity index (χ1n) is 9.48. The smallest absolute Gasteiger partial charge is 0.326 e. The number of carbonyl (C=O) groups is 3. The van der Waals surface area contributed by atoms with Gasteiger partial charge in [0.05, 0.1) is 6.04 Å². The Kier molecular flexibility index (Phi) is 7.36. The van der Waals surface area contributed by atoms with E-state index >= 15 is 0 Å². The lowest BCUT2D eigenvalue weighted by Gasteiger charge is -2.29. The van der Waals surface area contributed by atoms with E-state index in [0.29, 0.717) is 25.8 Å². The SMILES string of the molecule is CCC(C)C(N)C(=O)NC(Cc1ccccc1)C(=O)N1CCCC1C(=O)O. The van der Waals surface area contributed by atoms with E-state index in [1.54, 1.807) is 0 Å². The standard InChI is InChI=1S/C20H29N3O4/c1-3-13(2)17(21)18(24)22-15(12-14-8-5-4-6-9-14)19(25)23-11-7-10-16(23)20(26)27/h4-6,8-9,13,15-17H,3,7,10-12,21H2,1-2H3,(H,22,24)(H,26,27). The van der Waals surface area contributed by atoms with E-state index in [0.717, 1.165) is 12.0 Å². The highest BCUT2D eigenvalue weighted by Crippen LogP contribution is 2.20. The Labute approximate surface area is 159 Å². The number of hydrogen-bond donors (Lipinski definition) is 3. The first kappa shape index (κ1) is 20.9. The van der Waals surface area contributed by atoms with Gasteiger partial charge in [0.15, 0.2) is 0 Å². The molecule has 7 nitrogen and oxygen atoms in total.